The summed E-state index contributed by atoms with van der Waals surface area (Å²) in [6.45, 7) is 2.38. The molecule has 27 heavy (non-hydrogen) atoms. The van der Waals surface area contributed by atoms with E-state index in [1.54, 1.807) is 37.0 Å². The van der Waals surface area contributed by atoms with Crippen molar-refractivity contribution in [2.24, 2.45) is 0 Å². The van der Waals surface area contributed by atoms with Gasteiger partial charge in [-0.3, -0.25) is 19.4 Å². The zero-order valence-electron chi connectivity index (χ0n) is 15.2. The van der Waals surface area contributed by atoms with Crippen LogP contribution < -0.4 is 5.32 Å². The van der Waals surface area contributed by atoms with E-state index in [1.165, 1.54) is 11.1 Å². The summed E-state index contributed by atoms with van der Waals surface area (Å²) in [5.41, 5.74) is 2.39. The van der Waals surface area contributed by atoms with Gasteiger partial charge in [-0.25, -0.2) is 0 Å². The number of carbonyl (C=O) groups excluding carboxylic acids is 2. The van der Waals surface area contributed by atoms with Crippen molar-refractivity contribution in [1.82, 2.24) is 24.9 Å². The molecule has 0 atom stereocenters. The maximum absolute atomic E-state index is 12.6. The van der Waals surface area contributed by atoms with Crippen LogP contribution in [0.4, 0.5) is 5.69 Å². The molecule has 2 heterocycles. The van der Waals surface area contributed by atoms with Crippen molar-refractivity contribution < 1.29 is 9.59 Å². The van der Waals surface area contributed by atoms with E-state index in [2.05, 4.69) is 20.6 Å². The molecular formula is C18H19ClN6O2. The Morgan fingerprint density at radius 1 is 1.26 bits per heavy atom. The molecule has 0 fully saturated rings. The third kappa shape index (κ3) is 3.85. The van der Waals surface area contributed by atoms with Crippen LogP contribution in [0.25, 0.3) is 11.3 Å². The number of carbonyl (C=O) groups is 2. The van der Waals surface area contributed by atoms with Crippen LogP contribution in [-0.2, 0) is 6.54 Å². The number of amides is 2. The smallest absolute Gasteiger partial charge is 0.273 e. The number of anilines is 1. The number of halogens is 1. The Hall–Kier alpha value is -3.13. The molecule has 0 aliphatic heterocycles. The van der Waals surface area contributed by atoms with E-state index in [9.17, 15) is 9.59 Å². The molecule has 2 aromatic heterocycles. The van der Waals surface area contributed by atoms with E-state index in [0.29, 0.717) is 28.6 Å². The molecule has 2 N–H and O–H groups in total. The van der Waals surface area contributed by atoms with E-state index < -0.39 is 5.91 Å². The molecule has 0 aliphatic rings. The zero-order valence-corrected chi connectivity index (χ0v) is 15.9. The van der Waals surface area contributed by atoms with Gasteiger partial charge in [0.1, 0.15) is 11.4 Å². The Morgan fingerprint density at radius 3 is 2.59 bits per heavy atom. The quantitative estimate of drug-likeness (QED) is 0.704. The van der Waals surface area contributed by atoms with Crippen molar-refractivity contribution in [1.29, 1.82) is 0 Å². The summed E-state index contributed by atoms with van der Waals surface area (Å²) in [4.78, 5) is 26.5. The van der Waals surface area contributed by atoms with Crippen molar-refractivity contribution in [2.45, 2.75) is 13.5 Å². The van der Waals surface area contributed by atoms with Crippen LogP contribution in [0.15, 0.2) is 36.5 Å². The summed E-state index contributed by atoms with van der Waals surface area (Å²) in [6.07, 6.45) is 1.47. The van der Waals surface area contributed by atoms with Gasteiger partial charge in [-0.05, 0) is 25.1 Å². The fraction of sp³-hybridized carbons (Fsp3) is 0.222. The standard InChI is InChI=1S/C18H19ClN6O2/c1-4-25-16(18(27)24(2)3)15(10-20-25)21-17(26)14-9-13(22-23-14)11-5-7-12(19)8-6-11/h5-10H,4H2,1-3H3,(H,21,26)(H,22,23). The lowest BCUT2D eigenvalue weighted by Gasteiger charge is -2.13. The fourth-order valence-electron chi connectivity index (χ4n) is 2.55. The van der Waals surface area contributed by atoms with E-state index >= 15 is 0 Å². The topological polar surface area (TPSA) is 95.9 Å². The molecule has 0 saturated carbocycles. The van der Waals surface area contributed by atoms with Gasteiger partial charge in [0.25, 0.3) is 11.8 Å². The first kappa shape index (κ1) is 18.7. The Morgan fingerprint density at radius 2 is 1.96 bits per heavy atom. The van der Waals surface area contributed by atoms with Gasteiger partial charge in [0.15, 0.2) is 0 Å². The third-order valence-corrected chi connectivity index (χ3v) is 4.21. The number of benzene rings is 1. The second-order valence-corrected chi connectivity index (χ2v) is 6.49. The summed E-state index contributed by atoms with van der Waals surface area (Å²) >= 11 is 5.89. The number of rotatable bonds is 5. The highest BCUT2D eigenvalue weighted by Gasteiger charge is 2.22. The van der Waals surface area contributed by atoms with Gasteiger partial charge in [0.2, 0.25) is 0 Å². The predicted molar refractivity (Wildman–Crippen MR) is 103 cm³/mol. The molecule has 0 radical (unpaired) electrons. The summed E-state index contributed by atoms with van der Waals surface area (Å²) in [5.74, 6) is -0.651. The second kappa shape index (κ2) is 7.63. The van der Waals surface area contributed by atoms with Crippen LogP contribution in [0.1, 0.15) is 27.9 Å². The van der Waals surface area contributed by atoms with E-state index in [4.69, 9.17) is 11.6 Å². The van der Waals surface area contributed by atoms with Gasteiger partial charge in [0.05, 0.1) is 17.6 Å². The molecule has 140 valence electrons. The lowest BCUT2D eigenvalue weighted by molar-refractivity contribution is 0.0816. The average Bonchev–Trinajstić information content (AvgIpc) is 3.28. The highest BCUT2D eigenvalue weighted by molar-refractivity contribution is 6.30. The lowest BCUT2D eigenvalue weighted by atomic mass is 10.1. The Kier molecular flexibility index (Phi) is 5.27. The number of aromatic nitrogens is 4. The molecule has 0 aliphatic carbocycles. The minimum atomic E-state index is -0.411. The minimum absolute atomic E-state index is 0.240. The van der Waals surface area contributed by atoms with Crippen molar-refractivity contribution >= 4 is 29.1 Å². The van der Waals surface area contributed by atoms with Crippen molar-refractivity contribution in [2.75, 3.05) is 19.4 Å². The highest BCUT2D eigenvalue weighted by Crippen LogP contribution is 2.22. The molecule has 9 heteroatoms. The Balaban J connectivity index is 1.83. The molecule has 8 nitrogen and oxygen atoms in total. The van der Waals surface area contributed by atoms with Gasteiger partial charge in [-0.15, -0.1) is 0 Å². The van der Waals surface area contributed by atoms with Gasteiger partial charge < -0.3 is 10.2 Å². The van der Waals surface area contributed by atoms with Gasteiger partial charge >= 0.3 is 0 Å². The summed E-state index contributed by atoms with van der Waals surface area (Å²) < 4.78 is 1.55. The van der Waals surface area contributed by atoms with Crippen LogP contribution in [0.2, 0.25) is 5.02 Å². The molecule has 2 amide bonds. The van der Waals surface area contributed by atoms with Crippen LogP contribution in [-0.4, -0.2) is 50.8 Å². The Bertz CT molecular complexity index is 974. The number of nitrogens with zero attached hydrogens (tertiary/aromatic N) is 4. The monoisotopic (exact) mass is 386 g/mol. The molecule has 0 unspecified atom stereocenters. The molecule has 1 aromatic carbocycles. The van der Waals surface area contributed by atoms with Crippen molar-refractivity contribution in [3.63, 3.8) is 0 Å². The number of H-pyrrole nitrogens is 1. The van der Waals surface area contributed by atoms with Crippen LogP contribution in [0.3, 0.4) is 0 Å². The lowest BCUT2D eigenvalue weighted by Crippen LogP contribution is -2.26. The van der Waals surface area contributed by atoms with E-state index in [0.717, 1.165) is 5.56 Å². The average molecular weight is 387 g/mol. The molecular weight excluding hydrogens is 368 g/mol. The first-order valence-electron chi connectivity index (χ1n) is 8.31. The molecule has 0 saturated heterocycles. The van der Waals surface area contributed by atoms with E-state index in [-0.39, 0.29) is 11.6 Å². The van der Waals surface area contributed by atoms with Gasteiger partial charge in [0, 0.05) is 31.2 Å². The largest absolute Gasteiger partial charge is 0.343 e. The van der Waals surface area contributed by atoms with Gasteiger partial charge in [-0.2, -0.15) is 10.2 Å². The van der Waals surface area contributed by atoms with Crippen molar-refractivity contribution in [3.8, 4) is 11.3 Å². The van der Waals surface area contributed by atoms with Crippen molar-refractivity contribution in [3.05, 3.63) is 52.9 Å². The minimum Gasteiger partial charge on any atom is -0.343 e. The molecule has 3 aromatic rings. The van der Waals surface area contributed by atoms with Crippen LogP contribution >= 0.6 is 11.6 Å². The van der Waals surface area contributed by atoms with Crippen LogP contribution in [0.5, 0.6) is 0 Å². The number of aryl methyl sites for hydroxylation is 1. The Labute approximate surface area is 161 Å². The number of hydrogen-bond donors (Lipinski definition) is 2. The normalized spacial score (nSPS) is 10.7. The molecule has 0 bridgehead atoms. The number of nitrogens with one attached hydrogen (secondary N) is 2. The summed E-state index contributed by atoms with van der Waals surface area (Å²) in [5, 5.41) is 14.4. The van der Waals surface area contributed by atoms with Crippen LogP contribution in [0, 0.1) is 0 Å². The zero-order chi connectivity index (χ0) is 19.6. The second-order valence-electron chi connectivity index (χ2n) is 6.05. The van der Waals surface area contributed by atoms with E-state index in [1.807, 2.05) is 19.1 Å². The molecule has 3 rings (SSSR count). The maximum atomic E-state index is 12.6. The third-order valence-electron chi connectivity index (χ3n) is 3.96. The number of aromatic amines is 1. The summed E-state index contributed by atoms with van der Waals surface area (Å²) in [6, 6.07) is 8.78. The predicted octanol–water partition coefficient (Wildman–Crippen LogP) is 2.90. The molecule has 0 spiro atoms. The summed E-state index contributed by atoms with van der Waals surface area (Å²) in [7, 11) is 3.29. The highest BCUT2D eigenvalue weighted by atomic mass is 35.5. The van der Waals surface area contributed by atoms with Gasteiger partial charge in [-0.1, -0.05) is 23.7 Å². The SMILES string of the molecule is CCn1ncc(NC(=O)c2cc(-c3ccc(Cl)cc3)n[nH]2)c1C(=O)N(C)C. The first-order chi connectivity index (χ1) is 12.9. The fourth-order valence-corrected chi connectivity index (χ4v) is 2.68. The first-order valence-corrected chi connectivity index (χ1v) is 8.68. The number of hydrogen-bond acceptors (Lipinski definition) is 4. The maximum Gasteiger partial charge on any atom is 0.273 e.